The summed E-state index contributed by atoms with van der Waals surface area (Å²) in [5.41, 5.74) is 0.856. The molecule has 21 heavy (non-hydrogen) atoms. The Morgan fingerprint density at radius 3 is 2.52 bits per heavy atom. The van der Waals surface area contributed by atoms with Crippen LogP contribution in [0.1, 0.15) is 33.3 Å². The van der Waals surface area contributed by atoms with Crippen LogP contribution in [0.5, 0.6) is 5.75 Å². The molecule has 6 heteroatoms. The Bertz CT molecular complexity index is 565. The van der Waals surface area contributed by atoms with Crippen molar-refractivity contribution in [3.8, 4) is 5.75 Å². The van der Waals surface area contributed by atoms with Gasteiger partial charge in [0, 0.05) is 17.1 Å². The summed E-state index contributed by atoms with van der Waals surface area (Å²) in [5, 5.41) is 3.81. The quantitative estimate of drug-likeness (QED) is 0.833. The van der Waals surface area contributed by atoms with Gasteiger partial charge in [0.2, 0.25) is 0 Å². The molecule has 1 rings (SSSR count). The summed E-state index contributed by atoms with van der Waals surface area (Å²) >= 11 is 6.17. The average Bonchev–Trinajstić information content (AvgIpc) is 2.36. The van der Waals surface area contributed by atoms with Crippen LogP contribution in [0.4, 0.5) is 0 Å². The van der Waals surface area contributed by atoms with Gasteiger partial charge < -0.3 is 10.1 Å². The van der Waals surface area contributed by atoms with E-state index in [0.29, 0.717) is 17.3 Å². The molecule has 0 saturated heterocycles. The largest absolute Gasteiger partial charge is 0.492 e. The fraction of sp³-hybridized carbons (Fsp3) is 0.600. The third kappa shape index (κ3) is 5.16. The molecule has 0 aliphatic heterocycles. The third-order valence-corrected chi connectivity index (χ3v) is 6.09. The minimum atomic E-state index is -3.18. The molecule has 0 amide bonds. The molecule has 0 radical (unpaired) electrons. The van der Waals surface area contributed by atoms with Crippen molar-refractivity contribution < 1.29 is 13.2 Å². The SMILES string of the molecule is CCNCc1c(Cl)cccc1OCCS(=O)(=O)C(C)(C)C. The van der Waals surface area contributed by atoms with E-state index in [2.05, 4.69) is 5.32 Å². The molecule has 1 N–H and O–H groups in total. The van der Waals surface area contributed by atoms with Gasteiger partial charge in [-0.15, -0.1) is 0 Å². The van der Waals surface area contributed by atoms with Gasteiger partial charge in [0.25, 0.3) is 0 Å². The Morgan fingerprint density at radius 2 is 1.95 bits per heavy atom. The van der Waals surface area contributed by atoms with Crippen LogP contribution in [0.3, 0.4) is 0 Å². The predicted octanol–water partition coefficient (Wildman–Crippen LogP) is 3.04. The van der Waals surface area contributed by atoms with Crippen molar-refractivity contribution in [2.24, 2.45) is 0 Å². The second-order valence-corrected chi connectivity index (χ2v) is 9.05. The van der Waals surface area contributed by atoms with Gasteiger partial charge in [-0.3, -0.25) is 0 Å². The van der Waals surface area contributed by atoms with E-state index >= 15 is 0 Å². The second-order valence-electron chi connectivity index (χ2n) is 5.78. The number of halogens is 1. The lowest BCUT2D eigenvalue weighted by Crippen LogP contribution is -2.32. The van der Waals surface area contributed by atoms with E-state index in [1.807, 2.05) is 13.0 Å². The number of hydrogen-bond acceptors (Lipinski definition) is 4. The van der Waals surface area contributed by atoms with Gasteiger partial charge in [-0.1, -0.05) is 24.6 Å². The second kappa shape index (κ2) is 7.47. The molecule has 0 aliphatic rings. The summed E-state index contributed by atoms with van der Waals surface area (Å²) in [6, 6.07) is 5.40. The molecular weight excluding hydrogens is 310 g/mol. The average molecular weight is 334 g/mol. The van der Waals surface area contributed by atoms with E-state index in [9.17, 15) is 8.42 Å². The van der Waals surface area contributed by atoms with Crippen LogP contribution < -0.4 is 10.1 Å². The lowest BCUT2D eigenvalue weighted by atomic mass is 10.2. The summed E-state index contributed by atoms with van der Waals surface area (Å²) in [4.78, 5) is 0. The first-order valence-corrected chi connectivity index (χ1v) is 9.05. The summed E-state index contributed by atoms with van der Waals surface area (Å²) in [7, 11) is -3.18. The number of rotatable bonds is 7. The van der Waals surface area contributed by atoms with Gasteiger partial charge in [0.15, 0.2) is 9.84 Å². The third-order valence-electron chi connectivity index (χ3n) is 3.17. The van der Waals surface area contributed by atoms with Gasteiger partial charge in [-0.2, -0.15) is 0 Å². The molecule has 0 saturated carbocycles. The molecule has 0 fully saturated rings. The van der Waals surface area contributed by atoms with Gasteiger partial charge in [0.05, 0.1) is 10.5 Å². The molecule has 0 aliphatic carbocycles. The molecule has 120 valence electrons. The number of benzene rings is 1. The molecule has 0 bridgehead atoms. The van der Waals surface area contributed by atoms with Gasteiger partial charge in [0.1, 0.15) is 12.4 Å². The van der Waals surface area contributed by atoms with Gasteiger partial charge in [-0.05, 0) is 39.4 Å². The van der Waals surface area contributed by atoms with E-state index in [1.165, 1.54) is 0 Å². The van der Waals surface area contributed by atoms with E-state index in [0.717, 1.165) is 12.1 Å². The maximum atomic E-state index is 12.0. The molecule has 0 heterocycles. The molecule has 0 atom stereocenters. The van der Waals surface area contributed by atoms with E-state index < -0.39 is 14.6 Å². The zero-order valence-electron chi connectivity index (χ0n) is 13.1. The molecule has 0 unspecified atom stereocenters. The Labute approximate surface area is 132 Å². The first-order valence-electron chi connectivity index (χ1n) is 7.02. The number of sulfone groups is 1. The predicted molar refractivity (Wildman–Crippen MR) is 87.9 cm³/mol. The number of ether oxygens (including phenoxy) is 1. The summed E-state index contributed by atoms with van der Waals surface area (Å²) < 4.78 is 29.0. The normalized spacial score (nSPS) is 12.4. The topological polar surface area (TPSA) is 55.4 Å². The highest BCUT2D eigenvalue weighted by molar-refractivity contribution is 7.92. The lowest BCUT2D eigenvalue weighted by molar-refractivity contribution is 0.335. The Kier molecular flexibility index (Phi) is 6.50. The van der Waals surface area contributed by atoms with Crippen LogP contribution in [-0.4, -0.2) is 32.1 Å². The van der Waals surface area contributed by atoms with Crippen LogP contribution >= 0.6 is 11.6 Å². The standard InChI is InChI=1S/C15H24ClNO3S/c1-5-17-11-12-13(16)7-6-8-14(12)20-9-10-21(18,19)15(2,3)4/h6-8,17H,5,9-11H2,1-4H3. The van der Waals surface area contributed by atoms with Crippen LogP contribution in [0.15, 0.2) is 18.2 Å². The first-order chi connectivity index (χ1) is 9.69. The zero-order chi connectivity index (χ0) is 16.1. The lowest BCUT2D eigenvalue weighted by Gasteiger charge is -2.19. The van der Waals surface area contributed by atoms with Gasteiger partial charge >= 0.3 is 0 Å². The zero-order valence-corrected chi connectivity index (χ0v) is 14.6. The molecule has 0 spiro atoms. The van der Waals surface area contributed by atoms with Crippen LogP contribution in [0.2, 0.25) is 5.02 Å². The first kappa shape index (κ1) is 18.3. The van der Waals surface area contributed by atoms with Crippen molar-refractivity contribution >= 4 is 21.4 Å². The Morgan fingerprint density at radius 1 is 1.29 bits per heavy atom. The molecule has 0 aromatic heterocycles. The van der Waals surface area contributed by atoms with Crippen molar-refractivity contribution in [1.82, 2.24) is 5.32 Å². The van der Waals surface area contributed by atoms with Crippen LogP contribution in [0, 0.1) is 0 Å². The number of nitrogens with one attached hydrogen (secondary N) is 1. The van der Waals surface area contributed by atoms with E-state index in [1.54, 1.807) is 32.9 Å². The molecule has 1 aromatic carbocycles. The van der Waals surface area contributed by atoms with Crippen LogP contribution in [0.25, 0.3) is 0 Å². The molecular formula is C15H24ClNO3S. The maximum Gasteiger partial charge on any atom is 0.158 e. The monoisotopic (exact) mass is 333 g/mol. The summed E-state index contributed by atoms with van der Waals surface area (Å²) in [6.45, 7) is 8.63. The van der Waals surface area contributed by atoms with Crippen molar-refractivity contribution in [3.05, 3.63) is 28.8 Å². The van der Waals surface area contributed by atoms with Crippen molar-refractivity contribution in [3.63, 3.8) is 0 Å². The summed E-state index contributed by atoms with van der Waals surface area (Å²) in [6.07, 6.45) is 0. The van der Waals surface area contributed by atoms with Crippen molar-refractivity contribution in [1.29, 1.82) is 0 Å². The highest BCUT2D eigenvalue weighted by atomic mass is 35.5. The highest BCUT2D eigenvalue weighted by Gasteiger charge is 2.28. The minimum absolute atomic E-state index is 0.0103. The highest BCUT2D eigenvalue weighted by Crippen LogP contribution is 2.26. The Hall–Kier alpha value is -0.780. The van der Waals surface area contributed by atoms with E-state index in [4.69, 9.17) is 16.3 Å². The fourth-order valence-electron chi connectivity index (χ4n) is 1.66. The van der Waals surface area contributed by atoms with Crippen LogP contribution in [-0.2, 0) is 16.4 Å². The van der Waals surface area contributed by atoms with Crippen molar-refractivity contribution in [2.45, 2.75) is 39.0 Å². The minimum Gasteiger partial charge on any atom is -0.492 e. The fourth-order valence-corrected chi connectivity index (χ4v) is 2.81. The Balaban J connectivity index is 2.74. The molecule has 4 nitrogen and oxygen atoms in total. The number of hydrogen-bond donors (Lipinski definition) is 1. The van der Waals surface area contributed by atoms with Gasteiger partial charge in [-0.25, -0.2) is 8.42 Å². The van der Waals surface area contributed by atoms with E-state index in [-0.39, 0.29) is 12.4 Å². The van der Waals surface area contributed by atoms with Crippen molar-refractivity contribution in [2.75, 3.05) is 18.9 Å². The maximum absolute atomic E-state index is 12.0. The molecule has 1 aromatic rings. The smallest absolute Gasteiger partial charge is 0.158 e. The summed E-state index contributed by atoms with van der Waals surface area (Å²) in [5.74, 6) is 0.622.